The van der Waals surface area contributed by atoms with Gasteiger partial charge in [-0.25, -0.2) is 8.78 Å². The predicted octanol–water partition coefficient (Wildman–Crippen LogP) is 1.43. The van der Waals surface area contributed by atoms with Gasteiger partial charge in [0.2, 0.25) is 0 Å². The van der Waals surface area contributed by atoms with Gasteiger partial charge in [-0.05, 0) is 19.1 Å². The summed E-state index contributed by atoms with van der Waals surface area (Å²) in [5, 5.41) is 14.2. The van der Waals surface area contributed by atoms with E-state index >= 15 is 0 Å². The highest BCUT2D eigenvalue weighted by atomic mass is 79.9. The molecular formula is C12H15BrF2N2O2. The lowest BCUT2D eigenvalue weighted by atomic mass is 10.2. The number of rotatable bonds is 6. The van der Waals surface area contributed by atoms with Crippen LogP contribution in [0.15, 0.2) is 16.6 Å². The fourth-order valence-corrected chi connectivity index (χ4v) is 1.82. The van der Waals surface area contributed by atoms with Crippen molar-refractivity contribution in [3.63, 3.8) is 0 Å². The summed E-state index contributed by atoms with van der Waals surface area (Å²) in [6, 6.07) is 2.06. The highest BCUT2D eigenvalue weighted by Crippen LogP contribution is 2.19. The zero-order chi connectivity index (χ0) is 14.4. The maximum Gasteiger partial charge on any atom is 0.257 e. The van der Waals surface area contributed by atoms with Crippen LogP contribution in [0.3, 0.4) is 0 Å². The average molecular weight is 337 g/mol. The molecule has 0 bridgehead atoms. The number of amides is 1. The molecule has 1 atom stereocenters. The van der Waals surface area contributed by atoms with E-state index in [0.717, 1.165) is 12.1 Å². The molecule has 0 aliphatic rings. The van der Waals surface area contributed by atoms with E-state index in [4.69, 9.17) is 5.11 Å². The van der Waals surface area contributed by atoms with Crippen molar-refractivity contribution in [2.24, 2.45) is 0 Å². The van der Waals surface area contributed by atoms with Gasteiger partial charge < -0.3 is 15.7 Å². The van der Waals surface area contributed by atoms with E-state index in [-0.39, 0.29) is 11.0 Å². The maximum atomic E-state index is 13.5. The fraction of sp³-hybridized carbons (Fsp3) is 0.417. The Balaban J connectivity index is 2.50. The molecule has 0 heterocycles. The van der Waals surface area contributed by atoms with Gasteiger partial charge in [-0.3, -0.25) is 4.79 Å². The van der Waals surface area contributed by atoms with Crippen LogP contribution in [0.4, 0.5) is 8.78 Å². The monoisotopic (exact) mass is 336 g/mol. The molecule has 7 heteroatoms. The first-order valence-corrected chi connectivity index (χ1v) is 6.52. The van der Waals surface area contributed by atoms with Crippen molar-refractivity contribution in [1.82, 2.24) is 10.6 Å². The molecule has 0 aliphatic heterocycles. The van der Waals surface area contributed by atoms with Gasteiger partial charge in [-0.1, -0.05) is 15.9 Å². The van der Waals surface area contributed by atoms with Crippen LogP contribution in [-0.4, -0.2) is 36.8 Å². The molecular weight excluding hydrogens is 322 g/mol. The first-order chi connectivity index (χ1) is 8.91. The molecule has 0 spiro atoms. The molecule has 1 amide bonds. The van der Waals surface area contributed by atoms with Gasteiger partial charge in [0.25, 0.3) is 5.91 Å². The second-order valence-electron chi connectivity index (χ2n) is 4.05. The molecule has 0 radical (unpaired) electrons. The van der Waals surface area contributed by atoms with Crippen molar-refractivity contribution < 1.29 is 18.7 Å². The normalized spacial score (nSPS) is 12.3. The topological polar surface area (TPSA) is 61.4 Å². The maximum absolute atomic E-state index is 13.5. The molecule has 1 rings (SSSR count). The Morgan fingerprint density at radius 3 is 2.47 bits per heavy atom. The third kappa shape index (κ3) is 5.22. The first kappa shape index (κ1) is 16.0. The number of hydrogen-bond acceptors (Lipinski definition) is 3. The molecule has 0 saturated heterocycles. The predicted molar refractivity (Wildman–Crippen MR) is 70.9 cm³/mol. The molecule has 0 saturated carbocycles. The van der Waals surface area contributed by atoms with Gasteiger partial charge in [0.05, 0.1) is 6.10 Å². The third-order valence-electron chi connectivity index (χ3n) is 2.26. The van der Waals surface area contributed by atoms with Crippen LogP contribution in [0.2, 0.25) is 0 Å². The lowest BCUT2D eigenvalue weighted by Crippen LogP contribution is -2.35. The Hall–Kier alpha value is -1.05. The SMILES string of the molecule is CC(O)CNCCNC(=O)c1c(F)cc(Br)cc1F. The summed E-state index contributed by atoms with van der Waals surface area (Å²) in [5.41, 5.74) is -0.598. The molecule has 19 heavy (non-hydrogen) atoms. The second-order valence-corrected chi connectivity index (χ2v) is 4.97. The van der Waals surface area contributed by atoms with Gasteiger partial charge in [0, 0.05) is 24.1 Å². The number of benzene rings is 1. The Kier molecular flexibility index (Phi) is 6.33. The Bertz CT molecular complexity index is 432. The Morgan fingerprint density at radius 2 is 1.95 bits per heavy atom. The lowest BCUT2D eigenvalue weighted by molar-refractivity contribution is 0.0945. The minimum Gasteiger partial charge on any atom is -0.392 e. The van der Waals surface area contributed by atoms with Crippen molar-refractivity contribution >= 4 is 21.8 Å². The highest BCUT2D eigenvalue weighted by Gasteiger charge is 2.17. The number of nitrogens with one attached hydrogen (secondary N) is 2. The van der Waals surface area contributed by atoms with Gasteiger partial charge in [0.15, 0.2) is 0 Å². The zero-order valence-electron chi connectivity index (χ0n) is 10.3. The summed E-state index contributed by atoms with van der Waals surface area (Å²) < 4.78 is 27.2. The zero-order valence-corrected chi connectivity index (χ0v) is 11.9. The molecule has 1 aromatic carbocycles. The number of carbonyl (C=O) groups excluding carboxylic acids is 1. The second kappa shape index (κ2) is 7.52. The molecule has 0 aromatic heterocycles. The summed E-state index contributed by atoms with van der Waals surface area (Å²) in [6.07, 6.45) is -0.489. The number of hydrogen-bond donors (Lipinski definition) is 3. The largest absolute Gasteiger partial charge is 0.392 e. The summed E-state index contributed by atoms with van der Waals surface area (Å²) in [5.74, 6) is -2.64. The lowest BCUT2D eigenvalue weighted by Gasteiger charge is -2.09. The van der Waals surface area contributed by atoms with E-state index in [9.17, 15) is 13.6 Å². The van der Waals surface area contributed by atoms with E-state index < -0.39 is 29.2 Å². The fourth-order valence-electron chi connectivity index (χ4n) is 1.42. The van der Waals surface area contributed by atoms with Crippen LogP contribution in [0.25, 0.3) is 0 Å². The van der Waals surface area contributed by atoms with Gasteiger partial charge in [-0.15, -0.1) is 0 Å². The van der Waals surface area contributed by atoms with Crippen LogP contribution in [0.1, 0.15) is 17.3 Å². The molecule has 1 unspecified atom stereocenters. The van der Waals surface area contributed by atoms with Crippen LogP contribution in [0.5, 0.6) is 0 Å². The number of carbonyl (C=O) groups is 1. The molecule has 3 N–H and O–H groups in total. The minimum atomic E-state index is -0.915. The van der Waals surface area contributed by atoms with Crippen molar-refractivity contribution in [2.45, 2.75) is 13.0 Å². The number of halogens is 3. The van der Waals surface area contributed by atoms with E-state index in [1.165, 1.54) is 0 Å². The number of aliphatic hydroxyl groups is 1. The summed E-state index contributed by atoms with van der Waals surface area (Å²) in [4.78, 5) is 11.6. The van der Waals surface area contributed by atoms with Crippen molar-refractivity contribution in [2.75, 3.05) is 19.6 Å². The van der Waals surface area contributed by atoms with E-state index in [0.29, 0.717) is 13.1 Å². The van der Waals surface area contributed by atoms with Crippen molar-refractivity contribution in [3.05, 3.63) is 33.8 Å². The van der Waals surface area contributed by atoms with Gasteiger partial charge >= 0.3 is 0 Å². The quantitative estimate of drug-likeness (QED) is 0.689. The first-order valence-electron chi connectivity index (χ1n) is 5.73. The molecule has 4 nitrogen and oxygen atoms in total. The molecule has 0 aliphatic carbocycles. The summed E-state index contributed by atoms with van der Waals surface area (Å²) in [7, 11) is 0. The van der Waals surface area contributed by atoms with Crippen LogP contribution in [0, 0.1) is 11.6 Å². The van der Waals surface area contributed by atoms with Gasteiger partial charge in [-0.2, -0.15) is 0 Å². The van der Waals surface area contributed by atoms with E-state index in [1.54, 1.807) is 6.92 Å². The average Bonchev–Trinajstić information content (AvgIpc) is 2.26. The van der Waals surface area contributed by atoms with Gasteiger partial charge in [0.1, 0.15) is 17.2 Å². The van der Waals surface area contributed by atoms with E-state index in [2.05, 4.69) is 26.6 Å². The van der Waals surface area contributed by atoms with Crippen molar-refractivity contribution in [1.29, 1.82) is 0 Å². The summed E-state index contributed by atoms with van der Waals surface area (Å²) in [6.45, 7) is 2.62. The smallest absolute Gasteiger partial charge is 0.257 e. The van der Waals surface area contributed by atoms with Crippen LogP contribution < -0.4 is 10.6 Å². The standard InChI is InChI=1S/C12H15BrF2N2O2/c1-7(18)6-16-2-3-17-12(19)11-9(14)4-8(13)5-10(11)15/h4-5,7,16,18H,2-3,6H2,1H3,(H,17,19). The highest BCUT2D eigenvalue weighted by molar-refractivity contribution is 9.10. The van der Waals surface area contributed by atoms with Crippen molar-refractivity contribution in [3.8, 4) is 0 Å². The van der Waals surface area contributed by atoms with E-state index in [1.807, 2.05) is 0 Å². The van der Waals surface area contributed by atoms with Crippen LogP contribution >= 0.6 is 15.9 Å². The summed E-state index contributed by atoms with van der Waals surface area (Å²) >= 11 is 2.94. The third-order valence-corrected chi connectivity index (χ3v) is 2.72. The van der Waals surface area contributed by atoms with Crippen LogP contribution in [-0.2, 0) is 0 Å². The Labute approximate surface area is 118 Å². The minimum absolute atomic E-state index is 0.209. The molecule has 106 valence electrons. The Morgan fingerprint density at radius 1 is 1.37 bits per heavy atom. The molecule has 1 aromatic rings. The number of aliphatic hydroxyl groups excluding tert-OH is 1. The molecule has 0 fully saturated rings.